The molecule has 2 aliphatic heterocycles. The summed E-state index contributed by atoms with van der Waals surface area (Å²) in [6.45, 7) is 6.41. The number of piperidine rings is 1. The standard InChI is InChI=1S/C40H45F3N6O7/c1-39(54,38(53)45-30-10-9-29(24-44)33(23-30)40(41,42)43)26-56-31-11-7-27(8-12-31)25-49-18-16-48(17-19-49)15-4-20-55-32-6-3-5-28(21-32)22-36(51)47(2)34-13-14-35(50)46-37(34)52/h3,5-12,21,23,34,54H,4,13-20,22,25-26H2,1-2H3,(H,45,53)(H,46,50,52)/t34-,39?/m0/s1. The first-order valence-corrected chi connectivity index (χ1v) is 18.2. The predicted octanol–water partition coefficient (Wildman–Crippen LogP) is 3.74. The minimum Gasteiger partial charge on any atom is -0.494 e. The fraction of sp³-hybridized carbons (Fsp3) is 0.425. The highest BCUT2D eigenvalue weighted by Crippen LogP contribution is 2.34. The van der Waals surface area contributed by atoms with Crippen LogP contribution in [0.1, 0.15) is 48.4 Å². The van der Waals surface area contributed by atoms with Crippen molar-refractivity contribution in [2.75, 3.05) is 58.3 Å². The average Bonchev–Trinajstić information content (AvgIpc) is 3.16. The van der Waals surface area contributed by atoms with Gasteiger partial charge in [-0.2, -0.15) is 18.4 Å². The van der Waals surface area contributed by atoms with Gasteiger partial charge in [-0.3, -0.25) is 29.4 Å². The summed E-state index contributed by atoms with van der Waals surface area (Å²) in [5.74, 6) is -0.878. The van der Waals surface area contributed by atoms with Gasteiger partial charge in [0.15, 0.2) is 5.60 Å². The summed E-state index contributed by atoms with van der Waals surface area (Å²) < 4.78 is 51.5. The Morgan fingerprint density at radius 2 is 1.70 bits per heavy atom. The lowest BCUT2D eigenvalue weighted by atomic mass is 10.0. The summed E-state index contributed by atoms with van der Waals surface area (Å²) in [5.41, 5.74) is -2.23. The predicted molar refractivity (Wildman–Crippen MR) is 198 cm³/mol. The Kier molecular flexibility index (Phi) is 13.7. The van der Waals surface area contributed by atoms with E-state index in [0.717, 1.165) is 68.9 Å². The van der Waals surface area contributed by atoms with Crippen LogP contribution < -0.4 is 20.1 Å². The number of carbonyl (C=O) groups excluding carboxylic acids is 4. The van der Waals surface area contributed by atoms with E-state index >= 15 is 0 Å². The molecule has 2 fully saturated rings. The molecule has 1 unspecified atom stereocenters. The number of carbonyl (C=O) groups is 4. The molecule has 0 bridgehead atoms. The molecule has 5 rings (SSSR count). The number of halogens is 3. The molecule has 0 radical (unpaired) electrons. The van der Waals surface area contributed by atoms with Gasteiger partial charge in [-0.05, 0) is 73.4 Å². The van der Waals surface area contributed by atoms with E-state index in [9.17, 15) is 37.5 Å². The quantitative estimate of drug-likeness (QED) is 0.153. The van der Waals surface area contributed by atoms with E-state index in [1.807, 2.05) is 36.4 Å². The number of aliphatic hydroxyl groups is 1. The van der Waals surface area contributed by atoms with Crippen LogP contribution in [-0.4, -0.2) is 108 Å². The molecule has 298 valence electrons. The number of piperazine rings is 1. The van der Waals surface area contributed by atoms with Crippen molar-refractivity contribution in [3.63, 3.8) is 0 Å². The second-order valence-corrected chi connectivity index (χ2v) is 14.1. The molecule has 0 aromatic heterocycles. The van der Waals surface area contributed by atoms with E-state index in [-0.39, 0.29) is 30.3 Å². The number of hydrogen-bond acceptors (Lipinski definition) is 10. The highest BCUT2D eigenvalue weighted by Gasteiger charge is 2.36. The zero-order valence-corrected chi connectivity index (χ0v) is 31.2. The zero-order chi connectivity index (χ0) is 40.5. The van der Waals surface area contributed by atoms with Gasteiger partial charge in [0.05, 0.1) is 30.2 Å². The van der Waals surface area contributed by atoms with Crippen LogP contribution in [0.2, 0.25) is 0 Å². The van der Waals surface area contributed by atoms with E-state index < -0.39 is 47.4 Å². The van der Waals surface area contributed by atoms with Gasteiger partial charge in [0.25, 0.3) is 5.91 Å². The molecular weight excluding hydrogens is 733 g/mol. The lowest BCUT2D eigenvalue weighted by Gasteiger charge is -2.34. The van der Waals surface area contributed by atoms with Gasteiger partial charge in [0, 0.05) is 58.4 Å². The van der Waals surface area contributed by atoms with E-state index in [1.54, 1.807) is 19.2 Å². The summed E-state index contributed by atoms with van der Waals surface area (Å²) in [6.07, 6.45) is -3.34. The van der Waals surface area contributed by atoms with Crippen LogP contribution in [0.25, 0.3) is 0 Å². The van der Waals surface area contributed by atoms with Crippen molar-refractivity contribution in [2.24, 2.45) is 0 Å². The van der Waals surface area contributed by atoms with Crippen LogP contribution in [0.3, 0.4) is 0 Å². The Labute approximate surface area is 322 Å². The number of nitrogens with one attached hydrogen (secondary N) is 2. The van der Waals surface area contributed by atoms with E-state index in [2.05, 4.69) is 20.4 Å². The van der Waals surface area contributed by atoms with Crippen molar-refractivity contribution < 1.29 is 46.9 Å². The molecule has 3 N–H and O–H groups in total. The largest absolute Gasteiger partial charge is 0.494 e. The van der Waals surface area contributed by atoms with E-state index in [4.69, 9.17) is 14.7 Å². The maximum Gasteiger partial charge on any atom is 0.417 e. The van der Waals surface area contributed by atoms with Gasteiger partial charge in [-0.15, -0.1) is 0 Å². The normalized spacial score (nSPS) is 17.6. The number of anilines is 1. The first-order chi connectivity index (χ1) is 26.6. The Hall–Kier alpha value is -5.50. The molecule has 4 amide bonds. The minimum atomic E-state index is -4.79. The number of nitriles is 1. The number of likely N-dealkylation sites (N-methyl/N-ethyl adjacent to an activating group) is 1. The van der Waals surface area contributed by atoms with E-state index in [1.165, 1.54) is 17.9 Å². The molecule has 2 heterocycles. The maximum absolute atomic E-state index is 13.3. The van der Waals surface area contributed by atoms with Crippen molar-refractivity contribution in [1.29, 1.82) is 5.26 Å². The van der Waals surface area contributed by atoms with Crippen LogP contribution in [0.4, 0.5) is 18.9 Å². The van der Waals surface area contributed by atoms with Crippen LogP contribution >= 0.6 is 0 Å². The van der Waals surface area contributed by atoms with Crippen molar-refractivity contribution in [1.82, 2.24) is 20.0 Å². The van der Waals surface area contributed by atoms with Gasteiger partial charge >= 0.3 is 6.18 Å². The minimum absolute atomic E-state index is 0.113. The number of hydrogen-bond donors (Lipinski definition) is 3. The molecule has 0 saturated carbocycles. The third-order valence-corrected chi connectivity index (χ3v) is 9.72. The van der Waals surface area contributed by atoms with Gasteiger partial charge in [0.1, 0.15) is 24.1 Å². The summed E-state index contributed by atoms with van der Waals surface area (Å²) in [4.78, 5) is 55.2. The highest BCUT2D eigenvalue weighted by atomic mass is 19.4. The molecule has 13 nitrogen and oxygen atoms in total. The molecule has 16 heteroatoms. The molecule has 3 aromatic rings. The van der Waals surface area contributed by atoms with Crippen LogP contribution in [0.5, 0.6) is 11.5 Å². The summed E-state index contributed by atoms with van der Waals surface area (Å²) in [5, 5.41) is 24.2. The monoisotopic (exact) mass is 778 g/mol. The topological polar surface area (TPSA) is 165 Å². The van der Waals surface area contributed by atoms with Crippen molar-refractivity contribution in [3.05, 3.63) is 89.0 Å². The van der Waals surface area contributed by atoms with Gasteiger partial charge in [0.2, 0.25) is 17.7 Å². The molecule has 0 aliphatic carbocycles. The molecule has 3 aromatic carbocycles. The Bertz CT molecular complexity index is 1920. The molecule has 0 spiro atoms. The van der Waals surface area contributed by atoms with Crippen LogP contribution in [-0.2, 0) is 38.3 Å². The van der Waals surface area contributed by atoms with Crippen LogP contribution in [0, 0.1) is 11.3 Å². The first-order valence-electron chi connectivity index (χ1n) is 18.2. The van der Waals surface area contributed by atoms with Gasteiger partial charge in [-0.1, -0.05) is 24.3 Å². The second kappa shape index (κ2) is 18.4. The third-order valence-electron chi connectivity index (χ3n) is 9.72. The molecule has 2 atom stereocenters. The van der Waals surface area contributed by atoms with Crippen LogP contribution in [0.15, 0.2) is 66.7 Å². The number of imide groups is 1. The number of ether oxygens (including phenoxy) is 2. The number of benzene rings is 3. The van der Waals surface area contributed by atoms with Gasteiger partial charge < -0.3 is 29.7 Å². The first kappa shape index (κ1) is 41.7. The summed E-state index contributed by atoms with van der Waals surface area (Å²) in [7, 11) is 1.58. The lowest BCUT2D eigenvalue weighted by Crippen LogP contribution is -2.53. The third kappa shape index (κ3) is 11.5. The SMILES string of the molecule is CN(C(=O)Cc1cccc(OCCCN2CCN(Cc3ccc(OCC(C)(O)C(=O)Nc4ccc(C#N)c(C(F)(F)F)c4)cc3)CC2)c1)[C@H]1CCC(=O)NC1=O. The maximum atomic E-state index is 13.3. The molecule has 2 aliphatic rings. The Balaban J connectivity index is 0.981. The van der Waals surface area contributed by atoms with Crippen molar-refractivity contribution >= 4 is 29.3 Å². The number of rotatable bonds is 15. The fourth-order valence-corrected chi connectivity index (χ4v) is 6.38. The highest BCUT2D eigenvalue weighted by molar-refractivity contribution is 6.01. The number of nitrogens with zero attached hydrogens (tertiary/aromatic N) is 4. The summed E-state index contributed by atoms with van der Waals surface area (Å²) >= 11 is 0. The Morgan fingerprint density at radius 3 is 2.38 bits per heavy atom. The van der Waals surface area contributed by atoms with Crippen molar-refractivity contribution in [3.8, 4) is 17.6 Å². The number of alkyl halides is 3. The van der Waals surface area contributed by atoms with Gasteiger partial charge in [-0.25, -0.2) is 0 Å². The average molecular weight is 779 g/mol. The lowest BCUT2D eigenvalue weighted by molar-refractivity contribution is -0.144. The summed E-state index contributed by atoms with van der Waals surface area (Å²) in [6, 6.07) is 18.2. The van der Waals surface area contributed by atoms with Crippen molar-refractivity contribution in [2.45, 2.75) is 57.0 Å². The van der Waals surface area contributed by atoms with E-state index in [0.29, 0.717) is 30.6 Å². The number of amides is 4. The smallest absolute Gasteiger partial charge is 0.417 e. The molecular formula is C40H45F3N6O7. The molecule has 2 saturated heterocycles. The second-order valence-electron chi connectivity index (χ2n) is 14.1. The Morgan fingerprint density at radius 1 is 0.982 bits per heavy atom. The molecule has 56 heavy (non-hydrogen) atoms. The zero-order valence-electron chi connectivity index (χ0n) is 31.2. The fourth-order valence-electron chi connectivity index (χ4n) is 6.38.